The molecule has 0 aromatic heterocycles. The average Bonchev–Trinajstić information content (AvgIpc) is 2.55. The SMILES string of the molecule is Cc1cc(S(C)(OS(=O)(=O)C(F)(F)F)c2cc(C)c(O)c(C)c2)cc(C)c1O. The van der Waals surface area contributed by atoms with Crippen molar-refractivity contribution in [3.63, 3.8) is 0 Å². The molecule has 10 heteroatoms. The third kappa shape index (κ3) is 3.94. The number of alkyl halides is 3. The Morgan fingerprint density at radius 1 is 0.786 bits per heavy atom. The van der Waals surface area contributed by atoms with Crippen LogP contribution in [0.1, 0.15) is 22.3 Å². The zero-order chi connectivity index (χ0) is 21.7. The van der Waals surface area contributed by atoms with Gasteiger partial charge in [0.1, 0.15) is 11.5 Å². The van der Waals surface area contributed by atoms with E-state index in [0.29, 0.717) is 22.3 Å². The molecule has 2 N–H and O–H groups in total. The maximum atomic E-state index is 13.1. The standard InChI is InChI=1S/C18H21F3O5S2/c1-10-6-14(7-11(2)16(10)22)27(5,26-28(24,25)18(19,20)21)15-8-12(3)17(23)13(4)9-15/h6-9,22-23H,1-5H3. The normalized spacial score (nSPS) is 13.6. The molecule has 0 aliphatic rings. The van der Waals surface area contributed by atoms with E-state index in [4.69, 9.17) is 3.63 Å². The van der Waals surface area contributed by atoms with Crippen LogP contribution in [0.15, 0.2) is 34.1 Å². The van der Waals surface area contributed by atoms with Crippen LogP contribution in [0.5, 0.6) is 11.5 Å². The fourth-order valence-corrected chi connectivity index (χ4v) is 6.96. The van der Waals surface area contributed by atoms with Crippen molar-refractivity contribution >= 4 is 20.4 Å². The summed E-state index contributed by atoms with van der Waals surface area (Å²) in [7, 11) is -9.10. The Bertz CT molecular complexity index is 926. The molecule has 0 spiro atoms. The summed E-state index contributed by atoms with van der Waals surface area (Å²) in [6.45, 7) is 6.21. The maximum absolute atomic E-state index is 13.1. The number of halogens is 3. The summed E-state index contributed by atoms with van der Waals surface area (Å²) in [5.74, 6) is -0.0792. The van der Waals surface area contributed by atoms with E-state index in [1.54, 1.807) is 27.7 Å². The van der Waals surface area contributed by atoms with Gasteiger partial charge in [-0.2, -0.15) is 21.6 Å². The Labute approximate surface area is 163 Å². The van der Waals surface area contributed by atoms with Crippen molar-refractivity contribution in [2.45, 2.75) is 43.0 Å². The van der Waals surface area contributed by atoms with Crippen LogP contribution >= 0.6 is 10.3 Å². The lowest BCUT2D eigenvalue weighted by molar-refractivity contribution is -0.0496. The lowest BCUT2D eigenvalue weighted by Gasteiger charge is -2.36. The van der Waals surface area contributed by atoms with Crippen LogP contribution in [0.3, 0.4) is 0 Å². The van der Waals surface area contributed by atoms with Crippen LogP contribution in [0.2, 0.25) is 0 Å². The largest absolute Gasteiger partial charge is 0.523 e. The van der Waals surface area contributed by atoms with Crippen molar-refractivity contribution in [1.29, 1.82) is 0 Å². The van der Waals surface area contributed by atoms with Crippen molar-refractivity contribution in [2.75, 3.05) is 6.26 Å². The number of rotatable bonds is 4. The average molecular weight is 438 g/mol. The first-order valence-electron chi connectivity index (χ1n) is 8.01. The Morgan fingerprint density at radius 3 is 1.32 bits per heavy atom. The second kappa shape index (κ2) is 7.16. The molecule has 2 aromatic rings. The highest BCUT2D eigenvalue weighted by atomic mass is 32.3. The van der Waals surface area contributed by atoms with E-state index < -0.39 is 25.9 Å². The zero-order valence-corrected chi connectivity index (χ0v) is 17.5. The molecule has 28 heavy (non-hydrogen) atoms. The van der Waals surface area contributed by atoms with Gasteiger partial charge in [-0.3, -0.25) is 0 Å². The first-order valence-corrected chi connectivity index (χ1v) is 11.4. The third-order valence-corrected chi connectivity index (χ3v) is 8.98. The van der Waals surface area contributed by atoms with Crippen molar-refractivity contribution in [3.05, 3.63) is 46.5 Å². The Balaban J connectivity index is 2.83. The van der Waals surface area contributed by atoms with Crippen molar-refractivity contribution < 1.29 is 35.4 Å². The topological polar surface area (TPSA) is 83.8 Å². The zero-order valence-electron chi connectivity index (χ0n) is 15.9. The summed E-state index contributed by atoms with van der Waals surface area (Å²) in [6.07, 6.45) is 1.28. The lowest BCUT2D eigenvalue weighted by Crippen LogP contribution is -2.27. The molecule has 2 aromatic carbocycles. The minimum absolute atomic E-state index is 0.0396. The summed E-state index contributed by atoms with van der Waals surface area (Å²) in [5.41, 5.74) is -4.12. The van der Waals surface area contributed by atoms with Gasteiger partial charge in [-0.05, 0) is 80.5 Å². The minimum Gasteiger partial charge on any atom is -0.507 e. The van der Waals surface area contributed by atoms with Gasteiger partial charge in [0.15, 0.2) is 0 Å². The summed E-state index contributed by atoms with van der Waals surface area (Å²) >= 11 is 0. The molecular weight excluding hydrogens is 417 g/mol. The fraction of sp³-hybridized carbons (Fsp3) is 0.333. The van der Waals surface area contributed by atoms with Gasteiger partial charge >= 0.3 is 15.6 Å². The van der Waals surface area contributed by atoms with E-state index in [-0.39, 0.29) is 21.3 Å². The van der Waals surface area contributed by atoms with Gasteiger partial charge in [-0.15, -0.1) is 0 Å². The summed E-state index contributed by atoms with van der Waals surface area (Å²) in [4.78, 5) is 0.384. The third-order valence-electron chi connectivity index (χ3n) is 4.34. The van der Waals surface area contributed by atoms with Gasteiger partial charge in [-0.1, -0.05) is 10.3 Å². The van der Waals surface area contributed by atoms with Crippen molar-refractivity contribution in [3.8, 4) is 11.5 Å². The number of hydrogen-bond donors (Lipinski definition) is 2. The molecule has 5 nitrogen and oxygen atoms in total. The molecule has 0 bridgehead atoms. The van der Waals surface area contributed by atoms with Gasteiger partial charge < -0.3 is 10.2 Å². The van der Waals surface area contributed by atoms with Crippen LogP contribution in [0.25, 0.3) is 0 Å². The molecule has 0 heterocycles. The molecule has 0 unspecified atom stereocenters. The van der Waals surface area contributed by atoms with E-state index in [1.165, 1.54) is 30.5 Å². The molecule has 0 saturated heterocycles. The summed E-state index contributed by atoms with van der Waals surface area (Å²) in [5, 5.41) is 20.0. The van der Waals surface area contributed by atoms with Gasteiger partial charge in [0.05, 0.1) is 0 Å². The molecule has 2 rings (SSSR count). The van der Waals surface area contributed by atoms with Crippen molar-refractivity contribution in [2.24, 2.45) is 0 Å². The molecule has 0 radical (unpaired) electrons. The maximum Gasteiger partial charge on any atom is 0.523 e. The van der Waals surface area contributed by atoms with Crippen LogP contribution < -0.4 is 0 Å². The predicted molar refractivity (Wildman–Crippen MR) is 101 cm³/mol. The smallest absolute Gasteiger partial charge is 0.507 e. The number of phenolic OH excluding ortho intramolecular Hbond substituents is 2. The number of phenols is 2. The second-order valence-electron chi connectivity index (χ2n) is 6.62. The van der Waals surface area contributed by atoms with Gasteiger partial charge in [-0.25, -0.2) is 3.63 Å². The molecule has 156 valence electrons. The second-order valence-corrected chi connectivity index (χ2v) is 11.2. The molecule has 0 fully saturated rings. The highest BCUT2D eigenvalue weighted by Crippen LogP contribution is 2.64. The number of aromatic hydroxyl groups is 2. The quantitative estimate of drug-likeness (QED) is 0.659. The first-order chi connectivity index (χ1) is 12.6. The van der Waals surface area contributed by atoms with Crippen LogP contribution in [-0.2, 0) is 13.7 Å². The van der Waals surface area contributed by atoms with Gasteiger partial charge in [0.25, 0.3) is 0 Å². The van der Waals surface area contributed by atoms with E-state index in [2.05, 4.69) is 0 Å². The van der Waals surface area contributed by atoms with Crippen LogP contribution in [0, 0.1) is 27.7 Å². The Morgan fingerprint density at radius 2 is 1.07 bits per heavy atom. The Hall–Kier alpha value is -1.91. The molecule has 0 atom stereocenters. The number of benzene rings is 2. The predicted octanol–water partition coefficient (Wildman–Crippen LogP) is 4.97. The molecule has 0 aliphatic carbocycles. The fourth-order valence-electron chi connectivity index (χ4n) is 2.71. The number of hydrogen-bond acceptors (Lipinski definition) is 5. The lowest BCUT2D eigenvalue weighted by atomic mass is 10.1. The van der Waals surface area contributed by atoms with Crippen LogP contribution in [-0.4, -0.2) is 30.4 Å². The van der Waals surface area contributed by atoms with Crippen molar-refractivity contribution in [1.82, 2.24) is 0 Å². The monoisotopic (exact) mass is 438 g/mol. The van der Waals surface area contributed by atoms with Gasteiger partial charge in [0, 0.05) is 9.79 Å². The van der Waals surface area contributed by atoms with E-state index in [0.717, 1.165) is 0 Å². The Kier molecular flexibility index (Phi) is 5.72. The highest BCUT2D eigenvalue weighted by Gasteiger charge is 2.51. The summed E-state index contributed by atoms with van der Waals surface area (Å²) < 4.78 is 67.7. The molecule has 0 amide bonds. The summed E-state index contributed by atoms with van der Waals surface area (Å²) in [6, 6.07) is 5.62. The van der Waals surface area contributed by atoms with E-state index in [9.17, 15) is 31.8 Å². The highest BCUT2D eigenvalue weighted by molar-refractivity contribution is 8.32. The molecule has 0 aliphatic heterocycles. The first kappa shape index (κ1) is 22.4. The minimum atomic E-state index is -5.91. The molecule has 0 saturated carbocycles. The van der Waals surface area contributed by atoms with E-state index in [1.807, 2.05) is 0 Å². The van der Waals surface area contributed by atoms with E-state index >= 15 is 0 Å². The number of aryl methyl sites for hydroxylation is 4. The van der Waals surface area contributed by atoms with Crippen LogP contribution in [0.4, 0.5) is 13.2 Å². The van der Waals surface area contributed by atoms with Gasteiger partial charge in [0.2, 0.25) is 0 Å². The molecular formula is C18H21F3O5S2.